The third-order valence-corrected chi connectivity index (χ3v) is 3.01. The average molecular weight is 400 g/mol. The summed E-state index contributed by atoms with van der Waals surface area (Å²) in [6.07, 6.45) is 0. The fourth-order valence-corrected chi connectivity index (χ4v) is 1.72. The molecule has 0 saturated heterocycles. The number of methoxy groups -OCH3 is 1. The predicted octanol–water partition coefficient (Wildman–Crippen LogP) is 5.87. The van der Waals surface area contributed by atoms with Crippen LogP contribution >= 0.6 is 15.9 Å². The second-order valence-corrected chi connectivity index (χ2v) is 6.55. The van der Waals surface area contributed by atoms with E-state index in [0.29, 0.717) is 11.5 Å². The van der Waals surface area contributed by atoms with Gasteiger partial charge in [-0.05, 0) is 57.2 Å². The van der Waals surface area contributed by atoms with Crippen LogP contribution in [0, 0.1) is 10.7 Å². The molecule has 130 valence electrons. The van der Waals surface area contributed by atoms with Crippen LogP contribution in [0.5, 0.6) is 17.2 Å². The zero-order chi connectivity index (χ0) is 18.2. The van der Waals surface area contributed by atoms with Crippen molar-refractivity contribution in [3.05, 3.63) is 57.7 Å². The Kier molecular flexibility index (Phi) is 7.64. The maximum absolute atomic E-state index is 13.2. The van der Waals surface area contributed by atoms with Crippen LogP contribution in [-0.4, -0.2) is 12.7 Å². The van der Waals surface area contributed by atoms with Crippen LogP contribution in [0.2, 0.25) is 0 Å². The van der Waals surface area contributed by atoms with Crippen molar-refractivity contribution in [1.29, 1.82) is 0 Å². The van der Waals surface area contributed by atoms with Gasteiger partial charge < -0.3 is 14.3 Å². The molecule has 0 N–H and O–H groups in total. The molecule has 0 radical (unpaired) electrons. The van der Waals surface area contributed by atoms with Gasteiger partial charge in [0.2, 0.25) is 0 Å². The maximum Gasteiger partial charge on any atom is 0.165 e. The number of halogens is 2. The Morgan fingerprint density at radius 1 is 1.04 bits per heavy atom. The monoisotopic (exact) mass is 399 g/mol. The van der Waals surface area contributed by atoms with Gasteiger partial charge in [-0.3, -0.25) is 0 Å². The van der Waals surface area contributed by atoms with Gasteiger partial charge in [-0.25, -0.2) is 4.39 Å². The van der Waals surface area contributed by atoms with E-state index in [0.717, 1.165) is 4.47 Å². The minimum atomic E-state index is -0.429. The largest absolute Gasteiger partial charge is 0.494 e. The van der Waals surface area contributed by atoms with Crippen molar-refractivity contribution < 1.29 is 18.7 Å². The number of ether oxygens (including phenoxy) is 2. The predicted molar refractivity (Wildman–Crippen MR) is 93.8 cm³/mol. The van der Waals surface area contributed by atoms with Gasteiger partial charge in [0.05, 0.1) is 7.11 Å². The van der Waals surface area contributed by atoms with Crippen LogP contribution in [0.4, 0.5) is 4.39 Å². The van der Waals surface area contributed by atoms with E-state index in [1.807, 2.05) is 24.3 Å². The van der Waals surface area contributed by atoms with Crippen LogP contribution < -0.4 is 9.47 Å². The van der Waals surface area contributed by atoms with E-state index in [2.05, 4.69) is 26.1 Å². The van der Waals surface area contributed by atoms with Crippen LogP contribution in [0.3, 0.4) is 0 Å². The van der Waals surface area contributed by atoms with Crippen molar-refractivity contribution in [2.24, 2.45) is 5.34 Å². The number of rotatable bonds is 4. The lowest BCUT2D eigenvalue weighted by Crippen LogP contribution is -2.14. The number of hydrogen-bond donors (Lipinski definition) is 0. The highest BCUT2D eigenvalue weighted by atomic mass is 79.9. The standard InChI is InChI=1S/C13H10BrFO2.C4H9NO2/c1-16-13-8-11(6-7-12(13)15)17-10-4-2-9(14)3-5-10;1-4(2,3)7-5-6/h2-8H,1H3;1-3H3. The fourth-order valence-electron chi connectivity index (χ4n) is 1.45. The molecule has 0 aromatic heterocycles. The summed E-state index contributed by atoms with van der Waals surface area (Å²) >= 11 is 3.34. The molecule has 2 aromatic carbocycles. The van der Waals surface area contributed by atoms with Crippen LogP contribution in [0.1, 0.15) is 20.8 Å². The first-order valence-electron chi connectivity index (χ1n) is 7.03. The van der Waals surface area contributed by atoms with Gasteiger partial charge in [0.1, 0.15) is 17.1 Å². The van der Waals surface area contributed by atoms with Crippen molar-refractivity contribution in [3.63, 3.8) is 0 Å². The number of benzene rings is 2. The molecule has 0 spiro atoms. The van der Waals surface area contributed by atoms with Crippen molar-refractivity contribution in [2.45, 2.75) is 26.4 Å². The molecule has 0 bridgehead atoms. The van der Waals surface area contributed by atoms with Crippen molar-refractivity contribution >= 4 is 15.9 Å². The van der Waals surface area contributed by atoms with Crippen LogP contribution in [0.15, 0.2) is 52.3 Å². The summed E-state index contributed by atoms with van der Waals surface area (Å²) in [5.41, 5.74) is -0.429. The SMILES string of the molecule is CC(C)(C)ON=O.COc1cc(Oc2ccc(Br)cc2)ccc1F. The third-order valence-electron chi connectivity index (χ3n) is 2.48. The van der Waals surface area contributed by atoms with Gasteiger partial charge >= 0.3 is 0 Å². The molecule has 5 nitrogen and oxygen atoms in total. The van der Waals surface area contributed by atoms with Gasteiger partial charge in [0.25, 0.3) is 0 Å². The van der Waals surface area contributed by atoms with E-state index in [9.17, 15) is 9.30 Å². The Bertz CT molecular complexity index is 657. The lowest BCUT2D eigenvalue weighted by atomic mass is 10.2. The molecule has 24 heavy (non-hydrogen) atoms. The van der Waals surface area contributed by atoms with E-state index in [1.54, 1.807) is 26.8 Å². The Hall–Kier alpha value is -2.15. The van der Waals surface area contributed by atoms with Gasteiger partial charge in [0.15, 0.2) is 16.9 Å². The van der Waals surface area contributed by atoms with Gasteiger partial charge in [0, 0.05) is 10.5 Å². The molecule has 0 amide bonds. The molecule has 0 atom stereocenters. The van der Waals surface area contributed by atoms with E-state index in [-0.39, 0.29) is 5.75 Å². The molecule has 0 fully saturated rings. The van der Waals surface area contributed by atoms with Crippen LogP contribution in [0.25, 0.3) is 0 Å². The summed E-state index contributed by atoms with van der Waals surface area (Å²) in [6.45, 7) is 5.28. The highest BCUT2D eigenvalue weighted by Crippen LogP contribution is 2.28. The summed E-state index contributed by atoms with van der Waals surface area (Å²) < 4.78 is 24.6. The number of hydrogen-bond acceptors (Lipinski definition) is 5. The van der Waals surface area contributed by atoms with Gasteiger partial charge in [-0.2, -0.15) is 0 Å². The van der Waals surface area contributed by atoms with E-state index in [1.165, 1.54) is 19.2 Å². The molecule has 0 saturated carbocycles. The maximum atomic E-state index is 13.2. The zero-order valence-corrected chi connectivity index (χ0v) is 15.5. The average Bonchev–Trinajstić information content (AvgIpc) is 2.51. The first-order chi connectivity index (χ1) is 11.2. The Balaban J connectivity index is 0.000000351. The minimum Gasteiger partial charge on any atom is -0.494 e. The smallest absolute Gasteiger partial charge is 0.165 e. The Labute approximate surface area is 148 Å². The molecule has 0 heterocycles. The molecule has 0 aliphatic heterocycles. The molecule has 0 aliphatic carbocycles. The number of nitrogens with zero attached hydrogens (tertiary/aromatic N) is 1. The van der Waals surface area contributed by atoms with Crippen molar-refractivity contribution in [1.82, 2.24) is 0 Å². The van der Waals surface area contributed by atoms with Gasteiger partial charge in [-0.1, -0.05) is 15.9 Å². The van der Waals surface area contributed by atoms with Gasteiger partial charge in [-0.15, -0.1) is 4.91 Å². The summed E-state index contributed by atoms with van der Waals surface area (Å²) in [5, 5.41) is 2.26. The second-order valence-electron chi connectivity index (χ2n) is 5.63. The lowest BCUT2D eigenvalue weighted by Gasteiger charge is -2.11. The van der Waals surface area contributed by atoms with E-state index in [4.69, 9.17) is 9.47 Å². The second kappa shape index (κ2) is 9.22. The topological polar surface area (TPSA) is 57.1 Å². The molecular weight excluding hydrogens is 381 g/mol. The summed E-state index contributed by atoms with van der Waals surface area (Å²) in [7, 11) is 1.42. The van der Waals surface area contributed by atoms with E-state index < -0.39 is 11.4 Å². The molecule has 2 rings (SSSR count). The molecule has 2 aromatic rings. The quantitative estimate of drug-likeness (QED) is 0.476. The highest BCUT2D eigenvalue weighted by molar-refractivity contribution is 9.10. The van der Waals surface area contributed by atoms with E-state index >= 15 is 0 Å². The summed E-state index contributed by atoms with van der Waals surface area (Å²) in [5.74, 6) is 0.975. The first-order valence-corrected chi connectivity index (χ1v) is 7.82. The highest BCUT2D eigenvalue weighted by Gasteiger charge is 2.09. The van der Waals surface area contributed by atoms with Crippen molar-refractivity contribution in [2.75, 3.05) is 7.11 Å². The molecule has 7 heteroatoms. The Morgan fingerprint density at radius 2 is 1.62 bits per heavy atom. The minimum absolute atomic E-state index is 0.166. The normalized spacial score (nSPS) is 10.2. The first kappa shape index (κ1) is 19.9. The summed E-state index contributed by atoms with van der Waals surface area (Å²) in [6, 6.07) is 11.8. The third kappa shape index (κ3) is 7.41. The fraction of sp³-hybridized carbons (Fsp3) is 0.294. The molecule has 0 unspecified atom stereocenters. The Morgan fingerprint density at radius 3 is 2.08 bits per heavy atom. The van der Waals surface area contributed by atoms with Crippen LogP contribution in [-0.2, 0) is 4.84 Å². The molecule has 0 aliphatic rings. The van der Waals surface area contributed by atoms with Crippen molar-refractivity contribution in [3.8, 4) is 17.2 Å². The zero-order valence-electron chi connectivity index (χ0n) is 13.9. The lowest BCUT2D eigenvalue weighted by molar-refractivity contribution is -0.00229. The molecular formula is C17H19BrFNO4. The summed E-state index contributed by atoms with van der Waals surface area (Å²) in [4.78, 5) is 13.6.